The van der Waals surface area contributed by atoms with Gasteiger partial charge in [-0.1, -0.05) is 0 Å². The van der Waals surface area contributed by atoms with Crippen LogP contribution in [0.2, 0.25) is 0 Å². The van der Waals surface area contributed by atoms with E-state index in [0.717, 1.165) is 13.1 Å². The Balaban J connectivity index is 2.22. The lowest BCUT2D eigenvalue weighted by Gasteiger charge is -2.09. The van der Waals surface area contributed by atoms with Crippen LogP contribution in [0.5, 0.6) is 17.8 Å². The Labute approximate surface area is 116 Å². The second-order valence-corrected chi connectivity index (χ2v) is 3.67. The number of nitrogens with zero attached hydrogens (tertiary/aromatic N) is 4. The number of aromatic nitrogens is 2. The van der Waals surface area contributed by atoms with Crippen molar-refractivity contribution in [3.63, 3.8) is 0 Å². The monoisotopic (exact) mass is 280 g/mol. The van der Waals surface area contributed by atoms with Gasteiger partial charge in [0.05, 0.1) is 34.1 Å². The minimum absolute atomic E-state index is 0.158. The fraction of sp³-hybridized carbons (Fsp3) is 0.455. The van der Waals surface area contributed by atoms with Crippen molar-refractivity contribution in [3.8, 4) is 17.8 Å². The molecule has 0 fully saturated rings. The molecular formula is C11H16N6O3. The Morgan fingerprint density at radius 3 is 2.35 bits per heavy atom. The molecule has 0 radical (unpaired) electrons. The fourth-order valence-electron chi connectivity index (χ4n) is 1.55. The quantitative estimate of drug-likeness (QED) is 0.547. The SMILES string of the molecule is COc1nc(OC)c(/C=N/NC2=NCCN2)c(OC)n1. The smallest absolute Gasteiger partial charge is 0.322 e. The first-order valence-corrected chi connectivity index (χ1v) is 5.90. The maximum atomic E-state index is 5.18. The largest absolute Gasteiger partial charge is 0.480 e. The van der Waals surface area contributed by atoms with Crippen molar-refractivity contribution in [2.75, 3.05) is 34.4 Å². The van der Waals surface area contributed by atoms with Gasteiger partial charge in [0, 0.05) is 6.54 Å². The zero-order valence-electron chi connectivity index (χ0n) is 11.5. The maximum Gasteiger partial charge on any atom is 0.322 e. The van der Waals surface area contributed by atoms with Crippen molar-refractivity contribution >= 4 is 12.2 Å². The van der Waals surface area contributed by atoms with Gasteiger partial charge >= 0.3 is 6.01 Å². The van der Waals surface area contributed by atoms with Gasteiger partial charge in [-0.25, -0.2) is 10.4 Å². The van der Waals surface area contributed by atoms with Gasteiger partial charge in [-0.2, -0.15) is 15.1 Å². The van der Waals surface area contributed by atoms with Gasteiger partial charge in [0.2, 0.25) is 17.7 Å². The summed E-state index contributed by atoms with van der Waals surface area (Å²) in [6, 6.07) is 0.158. The van der Waals surface area contributed by atoms with Crippen LogP contribution in [0.4, 0.5) is 0 Å². The highest BCUT2D eigenvalue weighted by Crippen LogP contribution is 2.25. The van der Waals surface area contributed by atoms with Crippen molar-refractivity contribution in [2.24, 2.45) is 10.1 Å². The summed E-state index contributed by atoms with van der Waals surface area (Å²) >= 11 is 0. The van der Waals surface area contributed by atoms with Crippen LogP contribution in [-0.4, -0.2) is 56.6 Å². The minimum atomic E-state index is 0.158. The lowest BCUT2D eigenvalue weighted by atomic mass is 10.3. The molecule has 0 unspecified atom stereocenters. The number of aliphatic imine (C=N–C) groups is 1. The first kappa shape index (κ1) is 13.8. The molecule has 2 N–H and O–H groups in total. The highest BCUT2D eigenvalue weighted by atomic mass is 16.5. The number of hydrogen-bond acceptors (Lipinski definition) is 9. The molecule has 0 bridgehead atoms. The Morgan fingerprint density at radius 1 is 1.15 bits per heavy atom. The van der Waals surface area contributed by atoms with E-state index in [1.165, 1.54) is 27.5 Å². The molecule has 0 amide bonds. The number of nitrogens with one attached hydrogen (secondary N) is 2. The maximum absolute atomic E-state index is 5.18. The van der Waals surface area contributed by atoms with Crippen molar-refractivity contribution in [1.29, 1.82) is 0 Å². The third-order valence-electron chi connectivity index (χ3n) is 2.46. The van der Waals surface area contributed by atoms with Crippen LogP contribution in [0, 0.1) is 0 Å². The molecule has 9 heteroatoms. The van der Waals surface area contributed by atoms with Gasteiger partial charge in [0.15, 0.2) is 0 Å². The molecule has 0 saturated heterocycles. The molecule has 0 saturated carbocycles. The Kier molecular flexibility index (Phi) is 4.53. The van der Waals surface area contributed by atoms with Gasteiger partial charge in [0.1, 0.15) is 5.56 Å². The zero-order chi connectivity index (χ0) is 14.4. The van der Waals surface area contributed by atoms with Crippen molar-refractivity contribution in [2.45, 2.75) is 0 Å². The van der Waals surface area contributed by atoms with Crippen LogP contribution in [0.1, 0.15) is 5.56 Å². The molecule has 1 aliphatic rings. The molecule has 2 rings (SSSR count). The van der Waals surface area contributed by atoms with E-state index in [9.17, 15) is 0 Å². The fourth-order valence-corrected chi connectivity index (χ4v) is 1.55. The van der Waals surface area contributed by atoms with Gasteiger partial charge in [-0.05, 0) is 0 Å². The number of hydrazone groups is 1. The number of guanidine groups is 1. The lowest BCUT2D eigenvalue weighted by molar-refractivity contribution is 0.328. The summed E-state index contributed by atoms with van der Waals surface area (Å²) < 4.78 is 15.3. The summed E-state index contributed by atoms with van der Waals surface area (Å²) in [7, 11) is 4.45. The van der Waals surface area contributed by atoms with E-state index in [4.69, 9.17) is 14.2 Å². The third kappa shape index (κ3) is 3.05. The van der Waals surface area contributed by atoms with Gasteiger partial charge in [0.25, 0.3) is 0 Å². The molecule has 20 heavy (non-hydrogen) atoms. The highest BCUT2D eigenvalue weighted by Gasteiger charge is 2.15. The Morgan fingerprint density at radius 2 is 1.85 bits per heavy atom. The topological polar surface area (TPSA) is 102 Å². The van der Waals surface area contributed by atoms with Gasteiger partial charge < -0.3 is 19.5 Å². The predicted molar refractivity (Wildman–Crippen MR) is 72.7 cm³/mol. The summed E-state index contributed by atoms with van der Waals surface area (Å²) in [6.45, 7) is 1.53. The molecular weight excluding hydrogens is 264 g/mol. The van der Waals surface area contributed by atoms with Crippen LogP contribution >= 0.6 is 0 Å². The predicted octanol–water partition coefficient (Wildman–Crippen LogP) is -0.615. The van der Waals surface area contributed by atoms with Crippen molar-refractivity contribution < 1.29 is 14.2 Å². The highest BCUT2D eigenvalue weighted by molar-refractivity contribution is 5.88. The number of hydrogen-bond donors (Lipinski definition) is 2. The van der Waals surface area contributed by atoms with E-state index in [2.05, 4.69) is 30.8 Å². The van der Waals surface area contributed by atoms with E-state index < -0.39 is 0 Å². The second-order valence-electron chi connectivity index (χ2n) is 3.67. The van der Waals surface area contributed by atoms with E-state index in [-0.39, 0.29) is 6.01 Å². The number of ether oxygens (including phenoxy) is 3. The summed E-state index contributed by atoms with van der Waals surface area (Å²) in [5.74, 6) is 1.23. The lowest BCUT2D eigenvalue weighted by Crippen LogP contribution is -2.30. The molecule has 0 atom stereocenters. The standard InChI is InChI=1S/C11H16N6O3/c1-18-8-7(6-14-17-10-12-4-5-13-10)9(19-2)16-11(15-8)20-3/h6H,4-5H2,1-3H3,(H2,12,13,17)/b14-6+. The second kappa shape index (κ2) is 6.55. The molecule has 1 aliphatic heterocycles. The molecule has 0 spiro atoms. The van der Waals surface area contributed by atoms with Crippen LogP contribution in [0.25, 0.3) is 0 Å². The van der Waals surface area contributed by atoms with E-state index >= 15 is 0 Å². The van der Waals surface area contributed by atoms with E-state index in [1.807, 2.05) is 0 Å². The summed E-state index contributed by atoms with van der Waals surface area (Å²) in [4.78, 5) is 12.3. The molecule has 1 aromatic rings. The molecule has 0 aromatic carbocycles. The van der Waals surface area contributed by atoms with Crippen LogP contribution < -0.4 is 25.0 Å². The zero-order valence-corrected chi connectivity index (χ0v) is 11.5. The van der Waals surface area contributed by atoms with Crippen LogP contribution in [0.15, 0.2) is 10.1 Å². The average molecular weight is 280 g/mol. The minimum Gasteiger partial charge on any atom is -0.480 e. The van der Waals surface area contributed by atoms with E-state index in [1.54, 1.807) is 0 Å². The van der Waals surface area contributed by atoms with Gasteiger partial charge in [-0.15, -0.1) is 0 Å². The first-order valence-electron chi connectivity index (χ1n) is 5.90. The summed E-state index contributed by atoms with van der Waals surface area (Å²) in [6.07, 6.45) is 1.50. The molecule has 108 valence electrons. The first-order chi connectivity index (χ1) is 9.78. The van der Waals surface area contributed by atoms with E-state index in [0.29, 0.717) is 23.3 Å². The Hall–Kier alpha value is -2.58. The third-order valence-corrected chi connectivity index (χ3v) is 2.46. The van der Waals surface area contributed by atoms with Crippen molar-refractivity contribution in [3.05, 3.63) is 5.56 Å². The molecule has 1 aromatic heterocycles. The normalized spacial score (nSPS) is 13.8. The number of rotatable bonds is 5. The average Bonchev–Trinajstić information content (AvgIpc) is 3.00. The molecule has 9 nitrogen and oxygen atoms in total. The summed E-state index contributed by atoms with van der Waals surface area (Å²) in [5, 5.41) is 7.08. The number of methoxy groups -OCH3 is 3. The van der Waals surface area contributed by atoms with Crippen LogP contribution in [0.3, 0.4) is 0 Å². The summed E-state index contributed by atoms with van der Waals surface area (Å²) in [5.41, 5.74) is 3.27. The van der Waals surface area contributed by atoms with Crippen molar-refractivity contribution in [1.82, 2.24) is 20.7 Å². The Bertz CT molecular complexity index is 506. The molecule has 0 aliphatic carbocycles. The van der Waals surface area contributed by atoms with Gasteiger partial charge in [-0.3, -0.25) is 0 Å². The molecule has 2 heterocycles. The van der Waals surface area contributed by atoms with Crippen LogP contribution in [-0.2, 0) is 0 Å².